The lowest BCUT2D eigenvalue weighted by Gasteiger charge is -2.19. The van der Waals surface area contributed by atoms with Crippen LogP contribution in [0.25, 0.3) is 0 Å². The molecule has 1 aliphatic carbocycles. The van der Waals surface area contributed by atoms with Crippen molar-refractivity contribution in [3.05, 3.63) is 24.3 Å². The summed E-state index contributed by atoms with van der Waals surface area (Å²) >= 11 is 0. The van der Waals surface area contributed by atoms with Gasteiger partial charge in [-0.25, -0.2) is 0 Å². The van der Waals surface area contributed by atoms with Crippen LogP contribution in [0.4, 0.5) is 11.4 Å². The third kappa shape index (κ3) is 3.66. The molecule has 3 N–H and O–H groups in total. The number of nitrogens with one attached hydrogen (secondary N) is 1. The number of rotatable bonds is 5. The summed E-state index contributed by atoms with van der Waals surface area (Å²) in [5, 5.41) is 2.95. The number of nitrogen functional groups attached to an aromatic ring is 1. The summed E-state index contributed by atoms with van der Waals surface area (Å²) in [6, 6.07) is 7.55. The molecule has 4 nitrogen and oxygen atoms in total. The van der Waals surface area contributed by atoms with Crippen molar-refractivity contribution >= 4 is 17.3 Å². The molecule has 0 heterocycles. The number of hydrogen-bond donors (Lipinski definition) is 2. The summed E-state index contributed by atoms with van der Waals surface area (Å²) in [6.45, 7) is 1.19. The van der Waals surface area contributed by atoms with E-state index in [1.165, 1.54) is 12.8 Å². The molecule has 1 saturated carbocycles. The van der Waals surface area contributed by atoms with E-state index in [1.54, 1.807) is 0 Å². The first-order valence-corrected chi connectivity index (χ1v) is 5.98. The second-order valence-electron chi connectivity index (χ2n) is 4.70. The predicted octanol–water partition coefficient (Wildman–Crippen LogP) is 1.23. The van der Waals surface area contributed by atoms with E-state index < -0.39 is 0 Å². The zero-order chi connectivity index (χ0) is 12.3. The van der Waals surface area contributed by atoms with Gasteiger partial charge in [-0.15, -0.1) is 0 Å². The molecule has 1 aromatic carbocycles. The van der Waals surface area contributed by atoms with Gasteiger partial charge in [0.15, 0.2) is 0 Å². The van der Waals surface area contributed by atoms with Gasteiger partial charge in [-0.3, -0.25) is 4.79 Å². The standard InChI is InChI=1S/C13H19N3O/c1-16(12-4-2-3-11(14)7-12)9-13(17)15-8-10-5-6-10/h2-4,7,10H,5-6,8-9,14H2,1H3,(H,15,17). The molecule has 1 aliphatic rings. The quantitative estimate of drug-likeness (QED) is 0.752. The highest BCUT2D eigenvalue weighted by molar-refractivity contribution is 5.81. The number of anilines is 2. The van der Waals surface area contributed by atoms with Crippen LogP contribution in [-0.4, -0.2) is 26.0 Å². The summed E-state index contributed by atoms with van der Waals surface area (Å²) < 4.78 is 0. The van der Waals surface area contributed by atoms with Gasteiger partial charge in [0.1, 0.15) is 0 Å². The van der Waals surface area contributed by atoms with Gasteiger partial charge in [0.25, 0.3) is 0 Å². The Morgan fingerprint density at radius 1 is 1.53 bits per heavy atom. The molecule has 17 heavy (non-hydrogen) atoms. The van der Waals surface area contributed by atoms with Crippen LogP contribution >= 0.6 is 0 Å². The Kier molecular flexibility index (Phi) is 3.52. The Labute approximate surface area is 102 Å². The Balaban J connectivity index is 1.82. The molecule has 0 unspecified atom stereocenters. The number of benzene rings is 1. The van der Waals surface area contributed by atoms with Gasteiger partial charge in [0.05, 0.1) is 6.54 Å². The summed E-state index contributed by atoms with van der Waals surface area (Å²) in [5.74, 6) is 0.790. The van der Waals surface area contributed by atoms with Gasteiger partial charge < -0.3 is 16.0 Å². The van der Waals surface area contributed by atoms with E-state index in [4.69, 9.17) is 5.73 Å². The van der Waals surface area contributed by atoms with E-state index in [-0.39, 0.29) is 5.91 Å². The lowest BCUT2D eigenvalue weighted by Crippen LogP contribution is -2.36. The van der Waals surface area contributed by atoms with Crippen LogP contribution in [0.5, 0.6) is 0 Å². The molecular formula is C13H19N3O. The van der Waals surface area contributed by atoms with Gasteiger partial charge in [-0.2, -0.15) is 0 Å². The van der Waals surface area contributed by atoms with Crippen molar-refractivity contribution in [1.82, 2.24) is 5.32 Å². The van der Waals surface area contributed by atoms with E-state index in [9.17, 15) is 4.79 Å². The molecule has 0 spiro atoms. The maximum Gasteiger partial charge on any atom is 0.239 e. The molecule has 0 aliphatic heterocycles. The second-order valence-corrected chi connectivity index (χ2v) is 4.70. The van der Waals surface area contributed by atoms with Gasteiger partial charge in [0.2, 0.25) is 5.91 Å². The largest absolute Gasteiger partial charge is 0.399 e. The number of likely N-dealkylation sites (N-methyl/N-ethyl adjacent to an activating group) is 1. The van der Waals surface area contributed by atoms with E-state index in [0.717, 1.165) is 18.2 Å². The third-order valence-electron chi connectivity index (χ3n) is 2.98. The van der Waals surface area contributed by atoms with E-state index in [2.05, 4.69) is 5.32 Å². The average molecular weight is 233 g/mol. The molecule has 0 atom stereocenters. The van der Waals surface area contributed by atoms with Gasteiger partial charge in [-0.05, 0) is 37.0 Å². The number of carbonyl (C=O) groups is 1. The maximum absolute atomic E-state index is 11.7. The highest BCUT2D eigenvalue weighted by Crippen LogP contribution is 2.27. The SMILES string of the molecule is CN(CC(=O)NCC1CC1)c1cccc(N)c1. The summed E-state index contributed by atoms with van der Waals surface area (Å²) in [4.78, 5) is 13.6. The summed E-state index contributed by atoms with van der Waals surface area (Å²) in [6.07, 6.45) is 2.51. The minimum absolute atomic E-state index is 0.0711. The number of amides is 1. The Bertz CT molecular complexity index is 401. The van der Waals surface area contributed by atoms with E-state index in [0.29, 0.717) is 12.2 Å². The van der Waals surface area contributed by atoms with Crippen molar-refractivity contribution in [1.29, 1.82) is 0 Å². The van der Waals surface area contributed by atoms with Crippen LogP contribution in [0.15, 0.2) is 24.3 Å². The summed E-state index contributed by atoms with van der Waals surface area (Å²) in [7, 11) is 1.89. The lowest BCUT2D eigenvalue weighted by atomic mass is 10.2. The Morgan fingerprint density at radius 3 is 2.94 bits per heavy atom. The van der Waals surface area contributed by atoms with Gasteiger partial charge in [-0.1, -0.05) is 6.07 Å². The van der Waals surface area contributed by atoms with Crippen molar-refractivity contribution in [3.8, 4) is 0 Å². The molecule has 1 amide bonds. The highest BCUT2D eigenvalue weighted by Gasteiger charge is 2.21. The first kappa shape index (κ1) is 11.8. The summed E-state index contributed by atoms with van der Waals surface area (Å²) in [5.41, 5.74) is 7.39. The predicted molar refractivity (Wildman–Crippen MR) is 69.9 cm³/mol. The van der Waals surface area contributed by atoms with Crippen LogP contribution < -0.4 is 16.0 Å². The first-order valence-electron chi connectivity index (χ1n) is 5.98. The first-order chi connectivity index (χ1) is 8.15. The van der Waals surface area contributed by atoms with Crippen LogP contribution in [0.1, 0.15) is 12.8 Å². The molecule has 1 aromatic rings. The zero-order valence-corrected chi connectivity index (χ0v) is 10.1. The van der Waals surface area contributed by atoms with Crippen molar-refractivity contribution in [2.75, 3.05) is 30.8 Å². The normalized spacial score (nSPS) is 14.4. The number of nitrogens with two attached hydrogens (primary N) is 1. The number of carbonyl (C=O) groups excluding carboxylic acids is 1. The molecule has 1 fully saturated rings. The zero-order valence-electron chi connectivity index (χ0n) is 10.1. The molecule has 0 aromatic heterocycles. The fourth-order valence-corrected chi connectivity index (χ4v) is 1.70. The average Bonchev–Trinajstić information content (AvgIpc) is 3.10. The smallest absolute Gasteiger partial charge is 0.239 e. The number of hydrogen-bond acceptors (Lipinski definition) is 3. The lowest BCUT2D eigenvalue weighted by molar-refractivity contribution is -0.119. The van der Waals surface area contributed by atoms with Gasteiger partial charge >= 0.3 is 0 Å². The Hall–Kier alpha value is -1.71. The molecule has 0 saturated heterocycles. The molecule has 92 valence electrons. The highest BCUT2D eigenvalue weighted by atomic mass is 16.2. The van der Waals surface area contributed by atoms with Crippen molar-refractivity contribution in [2.45, 2.75) is 12.8 Å². The van der Waals surface area contributed by atoms with Crippen molar-refractivity contribution in [3.63, 3.8) is 0 Å². The fraction of sp³-hybridized carbons (Fsp3) is 0.462. The Morgan fingerprint density at radius 2 is 2.29 bits per heavy atom. The minimum atomic E-state index is 0.0711. The maximum atomic E-state index is 11.7. The monoisotopic (exact) mass is 233 g/mol. The van der Waals surface area contributed by atoms with E-state index in [1.807, 2.05) is 36.2 Å². The van der Waals surface area contributed by atoms with Crippen molar-refractivity contribution in [2.24, 2.45) is 5.92 Å². The minimum Gasteiger partial charge on any atom is -0.399 e. The van der Waals surface area contributed by atoms with Gasteiger partial charge in [0, 0.05) is 25.0 Å². The molecule has 4 heteroatoms. The number of nitrogens with zero attached hydrogens (tertiary/aromatic N) is 1. The second kappa shape index (κ2) is 5.08. The molecule has 2 rings (SSSR count). The fourth-order valence-electron chi connectivity index (χ4n) is 1.70. The molecule has 0 bridgehead atoms. The van der Waals surface area contributed by atoms with Crippen LogP contribution in [-0.2, 0) is 4.79 Å². The van der Waals surface area contributed by atoms with Crippen LogP contribution in [0.3, 0.4) is 0 Å². The van der Waals surface area contributed by atoms with Crippen LogP contribution in [0.2, 0.25) is 0 Å². The topological polar surface area (TPSA) is 58.4 Å². The molecular weight excluding hydrogens is 214 g/mol. The third-order valence-corrected chi connectivity index (χ3v) is 2.98. The molecule has 0 radical (unpaired) electrons. The van der Waals surface area contributed by atoms with Crippen LogP contribution in [0, 0.1) is 5.92 Å². The van der Waals surface area contributed by atoms with E-state index >= 15 is 0 Å². The van der Waals surface area contributed by atoms with Crippen molar-refractivity contribution < 1.29 is 4.79 Å².